The van der Waals surface area contributed by atoms with Crippen LogP contribution >= 0.6 is 0 Å². The van der Waals surface area contributed by atoms with E-state index >= 15 is 0 Å². The fourth-order valence-corrected chi connectivity index (χ4v) is 2.22. The molecule has 2 aromatic rings. The number of alkyl halides is 3. The number of esters is 1. The Balaban J connectivity index is 2.44. The van der Waals surface area contributed by atoms with Crippen LogP contribution in [-0.4, -0.2) is 22.5 Å². The summed E-state index contributed by atoms with van der Waals surface area (Å²) in [5, 5.41) is 2.48. The highest BCUT2D eigenvalue weighted by Gasteiger charge is 2.33. The molecule has 0 spiro atoms. The van der Waals surface area contributed by atoms with Crippen LogP contribution in [0, 0.1) is 6.92 Å². The summed E-state index contributed by atoms with van der Waals surface area (Å²) >= 11 is 0. The standard InChI is InChI=1S/C19H19F3N2O3/c1-11-6-5-7-15(23-11)24-16(25)13-9-8-12(19(20,21)22)10-14(13)17(26)27-18(2,3)4/h5-10H,1-4H3,(H,23,24,25). The molecule has 0 radical (unpaired) electrons. The zero-order chi connectivity index (χ0) is 20.4. The lowest BCUT2D eigenvalue weighted by Crippen LogP contribution is -2.26. The number of anilines is 1. The Morgan fingerprint density at radius 1 is 1.04 bits per heavy atom. The minimum Gasteiger partial charge on any atom is -0.456 e. The molecule has 1 aromatic heterocycles. The number of carbonyl (C=O) groups excluding carboxylic acids is 2. The Kier molecular flexibility index (Phi) is 5.58. The summed E-state index contributed by atoms with van der Waals surface area (Å²) in [6.45, 7) is 6.46. The molecule has 2 rings (SSSR count). The van der Waals surface area contributed by atoms with E-state index in [2.05, 4.69) is 10.3 Å². The van der Waals surface area contributed by atoms with Crippen LogP contribution in [0.4, 0.5) is 19.0 Å². The predicted octanol–water partition coefficient (Wildman–Crippen LogP) is 4.62. The maximum Gasteiger partial charge on any atom is 0.416 e. The first-order valence-corrected chi connectivity index (χ1v) is 8.06. The third-order valence-corrected chi connectivity index (χ3v) is 3.34. The molecule has 1 heterocycles. The Morgan fingerprint density at radius 3 is 2.26 bits per heavy atom. The predicted molar refractivity (Wildman–Crippen MR) is 93.5 cm³/mol. The van der Waals surface area contributed by atoms with E-state index in [9.17, 15) is 22.8 Å². The van der Waals surface area contributed by atoms with Gasteiger partial charge in [-0.3, -0.25) is 4.79 Å². The monoisotopic (exact) mass is 380 g/mol. The molecule has 0 fully saturated rings. The maximum absolute atomic E-state index is 13.0. The van der Waals surface area contributed by atoms with Gasteiger partial charge in [-0.05, 0) is 58.0 Å². The number of halogens is 3. The van der Waals surface area contributed by atoms with Gasteiger partial charge in [0.05, 0.1) is 16.7 Å². The molecule has 0 saturated carbocycles. The van der Waals surface area contributed by atoms with E-state index in [-0.39, 0.29) is 11.4 Å². The van der Waals surface area contributed by atoms with Gasteiger partial charge in [0.15, 0.2) is 0 Å². The molecular weight excluding hydrogens is 361 g/mol. The zero-order valence-electron chi connectivity index (χ0n) is 15.3. The molecule has 8 heteroatoms. The minimum absolute atomic E-state index is 0.218. The number of nitrogens with zero attached hydrogens (tertiary/aromatic N) is 1. The number of rotatable bonds is 3. The van der Waals surface area contributed by atoms with Crippen LogP contribution in [0.1, 0.15) is 52.7 Å². The molecule has 0 aliphatic rings. The van der Waals surface area contributed by atoms with Crippen molar-refractivity contribution in [2.45, 2.75) is 39.5 Å². The lowest BCUT2D eigenvalue weighted by Gasteiger charge is -2.21. The Bertz CT molecular complexity index is 871. The van der Waals surface area contributed by atoms with Crippen molar-refractivity contribution in [3.8, 4) is 0 Å². The van der Waals surface area contributed by atoms with Crippen LogP contribution in [0.3, 0.4) is 0 Å². The van der Waals surface area contributed by atoms with Gasteiger partial charge in [-0.15, -0.1) is 0 Å². The van der Waals surface area contributed by atoms with E-state index < -0.39 is 34.8 Å². The van der Waals surface area contributed by atoms with Crippen molar-refractivity contribution in [2.24, 2.45) is 0 Å². The summed E-state index contributed by atoms with van der Waals surface area (Å²) < 4.78 is 44.2. The van der Waals surface area contributed by atoms with Gasteiger partial charge >= 0.3 is 12.1 Å². The van der Waals surface area contributed by atoms with Crippen molar-refractivity contribution in [1.29, 1.82) is 0 Å². The van der Waals surface area contributed by atoms with Crippen LogP contribution in [-0.2, 0) is 10.9 Å². The van der Waals surface area contributed by atoms with Crippen molar-refractivity contribution in [1.82, 2.24) is 4.98 Å². The molecule has 27 heavy (non-hydrogen) atoms. The van der Waals surface area contributed by atoms with Gasteiger partial charge in [0, 0.05) is 5.69 Å². The first kappa shape index (κ1) is 20.4. The summed E-state index contributed by atoms with van der Waals surface area (Å²) in [5.74, 6) is -1.56. The number of ether oxygens (including phenoxy) is 1. The topological polar surface area (TPSA) is 68.3 Å². The summed E-state index contributed by atoms with van der Waals surface area (Å²) in [7, 11) is 0. The molecule has 0 aliphatic carbocycles. The number of aryl methyl sites for hydroxylation is 1. The number of aromatic nitrogens is 1. The molecular formula is C19H19F3N2O3. The first-order chi connectivity index (χ1) is 12.4. The Hall–Kier alpha value is -2.90. The van der Waals surface area contributed by atoms with E-state index in [1.54, 1.807) is 39.8 Å². The third kappa shape index (κ3) is 5.54. The molecule has 1 amide bonds. The Labute approximate surface area is 154 Å². The molecule has 0 bridgehead atoms. The van der Waals surface area contributed by atoms with E-state index in [1.807, 2.05) is 0 Å². The largest absolute Gasteiger partial charge is 0.456 e. The van der Waals surface area contributed by atoms with Gasteiger partial charge in [-0.25, -0.2) is 9.78 Å². The van der Waals surface area contributed by atoms with Crippen molar-refractivity contribution in [2.75, 3.05) is 5.32 Å². The normalized spacial score (nSPS) is 11.8. The van der Waals surface area contributed by atoms with Gasteiger partial charge in [0.25, 0.3) is 5.91 Å². The molecule has 5 nitrogen and oxygen atoms in total. The summed E-state index contributed by atoms with van der Waals surface area (Å²) in [6.07, 6.45) is -4.66. The lowest BCUT2D eigenvalue weighted by atomic mass is 10.0. The summed E-state index contributed by atoms with van der Waals surface area (Å²) in [5.41, 5.74) is -2.04. The third-order valence-electron chi connectivity index (χ3n) is 3.34. The van der Waals surface area contributed by atoms with E-state index in [1.165, 1.54) is 6.07 Å². The number of carbonyl (C=O) groups is 2. The molecule has 0 saturated heterocycles. The van der Waals surface area contributed by atoms with Crippen LogP contribution < -0.4 is 5.32 Å². The SMILES string of the molecule is Cc1cccc(NC(=O)c2ccc(C(F)(F)F)cc2C(=O)OC(C)(C)C)n1. The molecule has 1 aromatic carbocycles. The van der Waals surface area contributed by atoms with Crippen molar-refractivity contribution in [3.05, 3.63) is 58.8 Å². The average Bonchev–Trinajstić information content (AvgIpc) is 2.51. The second-order valence-electron chi connectivity index (χ2n) is 6.88. The smallest absolute Gasteiger partial charge is 0.416 e. The van der Waals surface area contributed by atoms with Crippen LogP contribution in [0.2, 0.25) is 0 Å². The number of hydrogen-bond donors (Lipinski definition) is 1. The highest BCUT2D eigenvalue weighted by atomic mass is 19.4. The van der Waals surface area contributed by atoms with Gasteiger partial charge in [-0.1, -0.05) is 6.07 Å². The number of hydrogen-bond acceptors (Lipinski definition) is 4. The van der Waals surface area contributed by atoms with Crippen molar-refractivity contribution in [3.63, 3.8) is 0 Å². The van der Waals surface area contributed by atoms with Crippen molar-refractivity contribution >= 4 is 17.7 Å². The number of amides is 1. The van der Waals surface area contributed by atoms with Crippen LogP contribution in [0.5, 0.6) is 0 Å². The molecule has 144 valence electrons. The lowest BCUT2D eigenvalue weighted by molar-refractivity contribution is -0.137. The van der Waals surface area contributed by atoms with Gasteiger partial charge in [0.2, 0.25) is 0 Å². The average molecular weight is 380 g/mol. The zero-order valence-corrected chi connectivity index (χ0v) is 15.3. The highest BCUT2D eigenvalue weighted by molar-refractivity contribution is 6.10. The molecule has 0 atom stereocenters. The highest BCUT2D eigenvalue weighted by Crippen LogP contribution is 2.31. The quantitative estimate of drug-likeness (QED) is 0.789. The number of pyridine rings is 1. The van der Waals surface area contributed by atoms with Crippen LogP contribution in [0.15, 0.2) is 36.4 Å². The molecule has 0 aliphatic heterocycles. The first-order valence-electron chi connectivity index (χ1n) is 8.06. The van der Waals surface area contributed by atoms with E-state index in [4.69, 9.17) is 4.74 Å². The second-order valence-corrected chi connectivity index (χ2v) is 6.88. The van der Waals surface area contributed by atoms with E-state index in [0.29, 0.717) is 11.8 Å². The number of benzene rings is 1. The minimum atomic E-state index is -4.66. The van der Waals surface area contributed by atoms with Gasteiger partial charge in [-0.2, -0.15) is 13.2 Å². The van der Waals surface area contributed by atoms with Crippen molar-refractivity contribution < 1.29 is 27.5 Å². The maximum atomic E-state index is 13.0. The van der Waals surface area contributed by atoms with Gasteiger partial charge in [0.1, 0.15) is 11.4 Å². The fourth-order valence-electron chi connectivity index (χ4n) is 2.22. The number of nitrogens with one attached hydrogen (secondary N) is 1. The summed E-state index contributed by atoms with van der Waals surface area (Å²) in [6, 6.07) is 7.23. The molecule has 1 N–H and O–H groups in total. The fraction of sp³-hybridized carbons (Fsp3) is 0.316. The Morgan fingerprint density at radius 2 is 1.70 bits per heavy atom. The molecule has 0 unspecified atom stereocenters. The summed E-state index contributed by atoms with van der Waals surface area (Å²) in [4.78, 5) is 29.0. The van der Waals surface area contributed by atoms with Gasteiger partial charge < -0.3 is 10.1 Å². The second kappa shape index (κ2) is 7.38. The van der Waals surface area contributed by atoms with E-state index in [0.717, 1.165) is 12.1 Å². The van der Waals surface area contributed by atoms with Crippen LogP contribution in [0.25, 0.3) is 0 Å².